The van der Waals surface area contributed by atoms with Crippen LogP contribution in [0.4, 0.5) is 0 Å². The molecule has 138 valence electrons. The van der Waals surface area contributed by atoms with Crippen LogP contribution in [0.1, 0.15) is 22.1 Å². The smallest absolute Gasteiger partial charge is 0.254 e. The van der Waals surface area contributed by atoms with E-state index >= 15 is 0 Å². The van der Waals surface area contributed by atoms with Crippen molar-refractivity contribution < 1.29 is 22.7 Å². The van der Waals surface area contributed by atoms with Crippen LogP contribution in [0.2, 0.25) is 0 Å². The number of fused-ring (bicyclic) bond motifs is 2. The maximum Gasteiger partial charge on any atom is 0.254 e. The van der Waals surface area contributed by atoms with Gasteiger partial charge in [0.05, 0.1) is 24.5 Å². The summed E-state index contributed by atoms with van der Waals surface area (Å²) in [6, 6.07) is 6.63. The lowest BCUT2D eigenvalue weighted by atomic mass is 10.1. The van der Waals surface area contributed by atoms with E-state index in [2.05, 4.69) is 9.82 Å². The van der Waals surface area contributed by atoms with Crippen molar-refractivity contribution in [3.05, 3.63) is 41.7 Å². The van der Waals surface area contributed by atoms with Crippen molar-refractivity contribution in [1.29, 1.82) is 0 Å². The van der Waals surface area contributed by atoms with E-state index in [9.17, 15) is 13.2 Å². The first-order chi connectivity index (χ1) is 12.4. The molecular formula is C16H18N4O5S. The zero-order valence-electron chi connectivity index (χ0n) is 14.1. The second-order valence-corrected chi connectivity index (χ2v) is 8.13. The van der Waals surface area contributed by atoms with Crippen LogP contribution in [0.25, 0.3) is 0 Å². The molecule has 1 amide bonds. The number of carbonyl (C=O) groups is 1. The second kappa shape index (κ2) is 6.29. The zero-order valence-corrected chi connectivity index (χ0v) is 14.9. The average Bonchev–Trinajstić information content (AvgIpc) is 3.26. The van der Waals surface area contributed by atoms with Gasteiger partial charge in [0, 0.05) is 24.8 Å². The molecule has 0 radical (unpaired) electrons. The van der Waals surface area contributed by atoms with Gasteiger partial charge in [0.2, 0.25) is 16.8 Å². The summed E-state index contributed by atoms with van der Waals surface area (Å²) >= 11 is 0. The third-order valence-corrected chi connectivity index (χ3v) is 5.06. The van der Waals surface area contributed by atoms with Gasteiger partial charge >= 0.3 is 0 Å². The first kappa shape index (κ1) is 16.9. The van der Waals surface area contributed by atoms with E-state index in [0.29, 0.717) is 30.2 Å². The van der Waals surface area contributed by atoms with Gasteiger partial charge in [-0.3, -0.25) is 9.48 Å². The second-order valence-electron chi connectivity index (χ2n) is 6.30. The van der Waals surface area contributed by atoms with Gasteiger partial charge in [-0.25, -0.2) is 13.1 Å². The highest BCUT2D eigenvalue weighted by Gasteiger charge is 2.30. The molecule has 0 bridgehead atoms. The Balaban J connectivity index is 1.56. The molecule has 4 rings (SSSR count). The van der Waals surface area contributed by atoms with Crippen molar-refractivity contribution in [2.45, 2.75) is 12.6 Å². The minimum Gasteiger partial charge on any atom is -0.454 e. The van der Waals surface area contributed by atoms with E-state index in [0.717, 1.165) is 11.9 Å². The Morgan fingerprint density at radius 3 is 2.92 bits per heavy atom. The van der Waals surface area contributed by atoms with E-state index in [1.165, 1.54) is 0 Å². The number of hydrogen-bond donors (Lipinski definition) is 1. The number of amides is 1. The van der Waals surface area contributed by atoms with Crippen LogP contribution in [0.15, 0.2) is 30.5 Å². The van der Waals surface area contributed by atoms with E-state index in [-0.39, 0.29) is 25.3 Å². The lowest BCUT2D eigenvalue weighted by Gasteiger charge is -2.34. The largest absolute Gasteiger partial charge is 0.454 e. The minimum atomic E-state index is -3.33. The standard InChI is InChI=1S/C16H18N4O5S/c1-26(22,23)18-7-13-9-19(8-12-4-5-17-20(12)13)16(21)11-2-3-14-15(6-11)25-10-24-14/h2-6,13,18H,7-10H2,1H3/t13-/m1/s1. The third kappa shape index (κ3) is 3.25. The van der Waals surface area contributed by atoms with Crippen LogP contribution < -0.4 is 14.2 Å². The van der Waals surface area contributed by atoms with Gasteiger partial charge in [-0.1, -0.05) is 0 Å². The van der Waals surface area contributed by atoms with E-state index in [4.69, 9.17) is 9.47 Å². The van der Waals surface area contributed by atoms with Gasteiger partial charge in [0.15, 0.2) is 11.5 Å². The van der Waals surface area contributed by atoms with Crippen molar-refractivity contribution >= 4 is 15.9 Å². The normalized spacial score (nSPS) is 18.7. The molecule has 1 atom stereocenters. The SMILES string of the molecule is CS(=O)(=O)NC[C@@H]1CN(C(=O)c2ccc3c(c2)OCO3)Cc2ccnn21. The summed E-state index contributed by atoms with van der Waals surface area (Å²) in [5.74, 6) is 1.02. The van der Waals surface area contributed by atoms with Crippen LogP contribution >= 0.6 is 0 Å². The minimum absolute atomic E-state index is 0.148. The molecular weight excluding hydrogens is 360 g/mol. The lowest BCUT2D eigenvalue weighted by Crippen LogP contribution is -2.45. The molecule has 1 aromatic heterocycles. The molecule has 0 fully saturated rings. The first-order valence-corrected chi connectivity index (χ1v) is 9.96. The Bertz CT molecular complexity index is 955. The summed E-state index contributed by atoms with van der Waals surface area (Å²) in [6.07, 6.45) is 2.76. The summed E-state index contributed by atoms with van der Waals surface area (Å²) < 4.78 is 37.7. The average molecular weight is 378 g/mol. The molecule has 0 saturated heterocycles. The molecule has 1 aromatic carbocycles. The molecule has 1 N–H and O–H groups in total. The van der Waals surface area contributed by atoms with Crippen LogP contribution in [-0.2, 0) is 16.6 Å². The molecule has 10 heteroatoms. The number of rotatable bonds is 4. The lowest BCUT2D eigenvalue weighted by molar-refractivity contribution is 0.0671. The Morgan fingerprint density at radius 1 is 1.31 bits per heavy atom. The molecule has 9 nitrogen and oxygen atoms in total. The van der Waals surface area contributed by atoms with Crippen molar-refractivity contribution in [2.75, 3.05) is 26.1 Å². The quantitative estimate of drug-likeness (QED) is 0.824. The monoisotopic (exact) mass is 378 g/mol. The van der Waals surface area contributed by atoms with Crippen LogP contribution in [0.3, 0.4) is 0 Å². The molecule has 0 aliphatic carbocycles. The van der Waals surface area contributed by atoms with E-state index in [1.54, 1.807) is 34.0 Å². The number of nitrogens with one attached hydrogen (secondary N) is 1. The van der Waals surface area contributed by atoms with Gasteiger partial charge in [0.1, 0.15) is 0 Å². The van der Waals surface area contributed by atoms with Crippen molar-refractivity contribution in [3.8, 4) is 11.5 Å². The molecule has 0 unspecified atom stereocenters. The molecule has 2 aliphatic rings. The van der Waals surface area contributed by atoms with Crippen molar-refractivity contribution in [1.82, 2.24) is 19.4 Å². The van der Waals surface area contributed by atoms with Crippen LogP contribution in [0.5, 0.6) is 11.5 Å². The van der Waals surface area contributed by atoms with Gasteiger partial charge < -0.3 is 14.4 Å². The van der Waals surface area contributed by atoms with Crippen LogP contribution in [-0.4, -0.2) is 55.1 Å². The summed E-state index contributed by atoms with van der Waals surface area (Å²) in [6.45, 7) is 1.07. The fraction of sp³-hybridized carbons (Fsp3) is 0.375. The predicted octanol–water partition coefficient (Wildman–Crippen LogP) is 0.358. The fourth-order valence-corrected chi connectivity index (χ4v) is 3.65. The molecule has 2 aromatic rings. The van der Waals surface area contributed by atoms with Gasteiger partial charge in [-0.15, -0.1) is 0 Å². The fourth-order valence-electron chi connectivity index (χ4n) is 3.15. The van der Waals surface area contributed by atoms with Gasteiger partial charge in [0.25, 0.3) is 5.91 Å². The number of ether oxygens (including phenoxy) is 2. The predicted molar refractivity (Wildman–Crippen MR) is 91.4 cm³/mol. The van der Waals surface area contributed by atoms with Crippen LogP contribution in [0, 0.1) is 0 Å². The van der Waals surface area contributed by atoms with E-state index < -0.39 is 10.0 Å². The van der Waals surface area contributed by atoms with E-state index in [1.807, 2.05) is 6.07 Å². The maximum atomic E-state index is 12.9. The summed E-state index contributed by atoms with van der Waals surface area (Å²) in [5, 5.41) is 4.26. The highest BCUT2D eigenvalue weighted by molar-refractivity contribution is 7.88. The Labute approximate surface area is 150 Å². The van der Waals surface area contributed by atoms with Gasteiger partial charge in [-0.05, 0) is 24.3 Å². The highest BCUT2D eigenvalue weighted by atomic mass is 32.2. The molecule has 0 saturated carbocycles. The summed E-state index contributed by atoms with van der Waals surface area (Å²) in [4.78, 5) is 14.6. The third-order valence-electron chi connectivity index (χ3n) is 4.37. The molecule has 26 heavy (non-hydrogen) atoms. The molecule has 2 aliphatic heterocycles. The maximum absolute atomic E-state index is 12.9. The number of aromatic nitrogens is 2. The van der Waals surface area contributed by atoms with Crippen molar-refractivity contribution in [3.63, 3.8) is 0 Å². The Hall–Kier alpha value is -2.59. The molecule has 3 heterocycles. The summed E-state index contributed by atoms with van der Waals surface area (Å²) in [7, 11) is -3.33. The summed E-state index contributed by atoms with van der Waals surface area (Å²) in [5.41, 5.74) is 1.35. The number of hydrogen-bond acceptors (Lipinski definition) is 6. The number of nitrogens with zero attached hydrogens (tertiary/aromatic N) is 3. The van der Waals surface area contributed by atoms with Crippen molar-refractivity contribution in [2.24, 2.45) is 0 Å². The Kier molecular flexibility index (Phi) is 4.08. The Morgan fingerprint density at radius 2 is 2.12 bits per heavy atom. The topological polar surface area (TPSA) is 103 Å². The number of sulfonamides is 1. The molecule has 0 spiro atoms. The number of benzene rings is 1. The van der Waals surface area contributed by atoms with Gasteiger partial charge in [-0.2, -0.15) is 5.10 Å². The number of carbonyl (C=O) groups excluding carboxylic acids is 1. The zero-order chi connectivity index (χ0) is 18.3. The highest BCUT2D eigenvalue weighted by Crippen LogP contribution is 2.33. The first-order valence-electron chi connectivity index (χ1n) is 8.07.